The fraction of sp³-hybridized carbons (Fsp3) is 0.840. The van der Waals surface area contributed by atoms with Crippen LogP contribution in [0.5, 0.6) is 0 Å². The number of hydrogen-bond acceptors (Lipinski definition) is 1. The SMILES string of the molecule is C/C=C\C(C)C(C(C)C)C(C)/C(C)=C(/C)C1C(C)C(C)CC(CC)C1N. The van der Waals surface area contributed by atoms with Crippen molar-refractivity contribution in [2.75, 3.05) is 0 Å². The Morgan fingerprint density at radius 2 is 1.69 bits per heavy atom. The van der Waals surface area contributed by atoms with Crippen LogP contribution in [0.15, 0.2) is 23.3 Å². The highest BCUT2D eigenvalue weighted by molar-refractivity contribution is 5.21. The van der Waals surface area contributed by atoms with Gasteiger partial charge in [-0.15, -0.1) is 0 Å². The van der Waals surface area contributed by atoms with Crippen LogP contribution in [0.25, 0.3) is 0 Å². The molecule has 1 heteroatoms. The summed E-state index contributed by atoms with van der Waals surface area (Å²) in [6.45, 7) is 23.7. The van der Waals surface area contributed by atoms with Crippen LogP contribution in [0.1, 0.15) is 82.1 Å². The topological polar surface area (TPSA) is 26.0 Å². The Balaban J connectivity index is 3.22. The average Bonchev–Trinajstić information content (AvgIpc) is 2.57. The van der Waals surface area contributed by atoms with Crippen LogP contribution in [0, 0.1) is 47.3 Å². The Hall–Kier alpha value is -0.560. The summed E-state index contributed by atoms with van der Waals surface area (Å²) in [5.41, 5.74) is 10.0. The van der Waals surface area contributed by atoms with Crippen LogP contribution in [-0.2, 0) is 0 Å². The third-order valence-electron chi connectivity index (χ3n) is 7.88. The fourth-order valence-electron chi connectivity index (χ4n) is 5.95. The lowest BCUT2D eigenvalue weighted by atomic mass is 9.62. The van der Waals surface area contributed by atoms with Crippen LogP contribution in [0.4, 0.5) is 0 Å². The molecular formula is C25H47N. The van der Waals surface area contributed by atoms with Gasteiger partial charge in [-0.25, -0.2) is 0 Å². The molecule has 8 atom stereocenters. The van der Waals surface area contributed by atoms with Crippen molar-refractivity contribution in [2.45, 2.75) is 88.1 Å². The molecular weight excluding hydrogens is 314 g/mol. The second-order valence-corrected chi connectivity index (χ2v) is 9.70. The summed E-state index contributed by atoms with van der Waals surface area (Å²) in [6, 6.07) is 0.318. The molecule has 0 amide bonds. The number of hydrogen-bond donors (Lipinski definition) is 1. The molecule has 1 aliphatic rings. The van der Waals surface area contributed by atoms with Crippen LogP contribution in [-0.4, -0.2) is 6.04 Å². The van der Waals surface area contributed by atoms with Gasteiger partial charge in [0.1, 0.15) is 0 Å². The van der Waals surface area contributed by atoms with Gasteiger partial charge in [-0.05, 0) is 74.5 Å². The molecule has 1 nitrogen and oxygen atoms in total. The third-order valence-corrected chi connectivity index (χ3v) is 7.88. The van der Waals surface area contributed by atoms with Gasteiger partial charge in [0.05, 0.1) is 0 Å². The Morgan fingerprint density at radius 3 is 2.15 bits per heavy atom. The normalized spacial score (nSPS) is 34.7. The number of rotatable bonds is 7. The third kappa shape index (κ3) is 5.03. The zero-order valence-electron chi connectivity index (χ0n) is 19.3. The van der Waals surface area contributed by atoms with Gasteiger partial charge in [0.15, 0.2) is 0 Å². The first-order chi connectivity index (χ1) is 12.1. The van der Waals surface area contributed by atoms with Gasteiger partial charge in [-0.3, -0.25) is 0 Å². The molecule has 0 saturated heterocycles. The van der Waals surface area contributed by atoms with Crippen molar-refractivity contribution >= 4 is 0 Å². The maximum atomic E-state index is 6.82. The van der Waals surface area contributed by atoms with Crippen molar-refractivity contribution in [3.63, 3.8) is 0 Å². The van der Waals surface area contributed by atoms with E-state index >= 15 is 0 Å². The summed E-state index contributed by atoms with van der Waals surface area (Å²) in [6.07, 6.45) is 7.10. The maximum Gasteiger partial charge on any atom is 0.0136 e. The number of allylic oxidation sites excluding steroid dienone is 3. The van der Waals surface area contributed by atoms with E-state index in [0.29, 0.717) is 47.5 Å². The lowest BCUT2D eigenvalue weighted by molar-refractivity contribution is 0.119. The highest BCUT2D eigenvalue weighted by Gasteiger charge is 2.40. The fourth-order valence-corrected chi connectivity index (χ4v) is 5.95. The zero-order valence-corrected chi connectivity index (χ0v) is 19.3. The summed E-state index contributed by atoms with van der Waals surface area (Å²) >= 11 is 0. The predicted molar refractivity (Wildman–Crippen MR) is 118 cm³/mol. The van der Waals surface area contributed by atoms with Crippen LogP contribution >= 0.6 is 0 Å². The molecule has 0 aromatic rings. The first kappa shape index (κ1) is 23.5. The van der Waals surface area contributed by atoms with Crippen LogP contribution in [0.2, 0.25) is 0 Å². The lowest BCUT2D eigenvalue weighted by Gasteiger charge is -2.45. The Labute approximate surface area is 164 Å². The standard InChI is InChI=1S/C25H47N/c1-11-13-16(5)23(15(3)4)20(9)19(8)21(10)24-18(7)17(6)14-22(12-2)25(24)26/h11,13,15-18,20,22-25H,12,14,26H2,1-10H3/b13-11-,21-19-. The molecule has 1 saturated carbocycles. The molecule has 2 N–H and O–H groups in total. The first-order valence-electron chi connectivity index (χ1n) is 11.1. The minimum Gasteiger partial charge on any atom is -0.327 e. The van der Waals surface area contributed by atoms with Crippen molar-refractivity contribution in [3.8, 4) is 0 Å². The van der Waals surface area contributed by atoms with E-state index in [0.717, 1.165) is 5.92 Å². The molecule has 0 heterocycles. The van der Waals surface area contributed by atoms with E-state index in [1.54, 1.807) is 11.1 Å². The van der Waals surface area contributed by atoms with E-state index in [9.17, 15) is 0 Å². The van der Waals surface area contributed by atoms with Crippen molar-refractivity contribution in [1.82, 2.24) is 0 Å². The Morgan fingerprint density at radius 1 is 1.12 bits per heavy atom. The molecule has 0 aromatic heterocycles. The summed E-state index contributed by atoms with van der Waals surface area (Å²) in [5.74, 6) is 5.22. The van der Waals surface area contributed by atoms with Gasteiger partial charge in [0.2, 0.25) is 0 Å². The molecule has 0 aromatic carbocycles. The van der Waals surface area contributed by atoms with Gasteiger partial charge in [-0.2, -0.15) is 0 Å². The maximum absolute atomic E-state index is 6.82. The van der Waals surface area contributed by atoms with Crippen LogP contribution < -0.4 is 5.73 Å². The van der Waals surface area contributed by atoms with E-state index in [1.165, 1.54) is 12.8 Å². The van der Waals surface area contributed by atoms with Crippen molar-refractivity contribution in [3.05, 3.63) is 23.3 Å². The van der Waals surface area contributed by atoms with Gasteiger partial charge < -0.3 is 5.73 Å². The van der Waals surface area contributed by atoms with E-state index in [1.807, 2.05) is 0 Å². The minimum atomic E-state index is 0.318. The molecule has 152 valence electrons. The molecule has 8 unspecified atom stereocenters. The largest absolute Gasteiger partial charge is 0.327 e. The first-order valence-corrected chi connectivity index (χ1v) is 11.1. The van der Waals surface area contributed by atoms with E-state index in [2.05, 4.69) is 81.4 Å². The quantitative estimate of drug-likeness (QED) is 0.481. The van der Waals surface area contributed by atoms with E-state index in [4.69, 9.17) is 5.73 Å². The van der Waals surface area contributed by atoms with Gasteiger partial charge in [-0.1, -0.05) is 78.2 Å². The second kappa shape index (κ2) is 10.1. The summed E-state index contributed by atoms with van der Waals surface area (Å²) in [4.78, 5) is 0. The molecule has 1 aliphatic carbocycles. The monoisotopic (exact) mass is 361 g/mol. The van der Waals surface area contributed by atoms with E-state index in [-0.39, 0.29) is 0 Å². The molecule has 1 rings (SSSR count). The summed E-state index contributed by atoms with van der Waals surface area (Å²) < 4.78 is 0. The summed E-state index contributed by atoms with van der Waals surface area (Å²) in [7, 11) is 0. The van der Waals surface area contributed by atoms with Gasteiger partial charge in [0, 0.05) is 6.04 Å². The van der Waals surface area contributed by atoms with Crippen molar-refractivity contribution in [2.24, 2.45) is 53.1 Å². The molecule has 0 spiro atoms. The predicted octanol–water partition coefficient (Wildman–Crippen LogP) is 7.09. The van der Waals surface area contributed by atoms with Crippen LogP contribution in [0.3, 0.4) is 0 Å². The summed E-state index contributed by atoms with van der Waals surface area (Å²) in [5, 5.41) is 0. The smallest absolute Gasteiger partial charge is 0.0136 e. The second-order valence-electron chi connectivity index (χ2n) is 9.70. The van der Waals surface area contributed by atoms with E-state index < -0.39 is 0 Å². The van der Waals surface area contributed by atoms with Gasteiger partial charge >= 0.3 is 0 Å². The molecule has 0 radical (unpaired) electrons. The molecule has 1 fully saturated rings. The molecule has 0 aliphatic heterocycles. The Bertz CT molecular complexity index is 486. The zero-order chi connectivity index (χ0) is 20.2. The average molecular weight is 362 g/mol. The van der Waals surface area contributed by atoms with Crippen molar-refractivity contribution < 1.29 is 0 Å². The van der Waals surface area contributed by atoms with Crippen molar-refractivity contribution in [1.29, 1.82) is 0 Å². The highest BCUT2D eigenvalue weighted by Crippen LogP contribution is 2.44. The molecule has 26 heavy (non-hydrogen) atoms. The minimum absolute atomic E-state index is 0.318. The number of nitrogens with two attached hydrogens (primary N) is 1. The van der Waals surface area contributed by atoms with Gasteiger partial charge in [0.25, 0.3) is 0 Å². The lowest BCUT2D eigenvalue weighted by Crippen LogP contribution is -2.48. The Kier molecular flexibility index (Phi) is 9.13. The highest BCUT2D eigenvalue weighted by atomic mass is 14.7. The molecule has 0 bridgehead atoms.